The zero-order valence-electron chi connectivity index (χ0n) is 20.4. The molecule has 37 heavy (non-hydrogen) atoms. The average molecular weight is 564 g/mol. The highest BCUT2D eigenvalue weighted by molar-refractivity contribution is 7.86. The van der Waals surface area contributed by atoms with E-state index in [-0.39, 0.29) is 11.4 Å². The Morgan fingerprint density at radius 2 is 1.62 bits per heavy atom. The zero-order valence-corrected chi connectivity index (χ0v) is 22.0. The number of benzene rings is 2. The Morgan fingerprint density at radius 3 is 2.16 bits per heavy atom. The van der Waals surface area contributed by atoms with Crippen LogP contribution in [-0.4, -0.2) is 45.0 Å². The molecule has 2 aromatic rings. The molecule has 0 bridgehead atoms. The molecule has 0 fully saturated rings. The summed E-state index contributed by atoms with van der Waals surface area (Å²) in [7, 11) is -2.09. The number of nitrogens with zero attached hydrogens (tertiary/aromatic N) is 1. The molecule has 7 nitrogen and oxygen atoms in total. The van der Waals surface area contributed by atoms with Gasteiger partial charge in [-0.25, -0.2) is 4.39 Å². The highest BCUT2D eigenvalue weighted by atomic mass is 35.5. The van der Waals surface area contributed by atoms with E-state index in [1.165, 1.54) is 19.1 Å². The van der Waals surface area contributed by atoms with Gasteiger partial charge >= 0.3 is 6.18 Å². The van der Waals surface area contributed by atoms with Crippen molar-refractivity contribution in [1.29, 1.82) is 0 Å². The van der Waals surface area contributed by atoms with Crippen LogP contribution in [0.5, 0.6) is 0 Å². The van der Waals surface area contributed by atoms with Crippen molar-refractivity contribution < 1.29 is 36.2 Å². The molecule has 0 heterocycles. The van der Waals surface area contributed by atoms with Gasteiger partial charge in [-0.3, -0.25) is 23.5 Å². The fraction of sp³-hybridized carbons (Fsp3) is 0.375. The van der Waals surface area contributed by atoms with E-state index < -0.39 is 74.2 Å². The van der Waals surface area contributed by atoms with E-state index in [4.69, 9.17) is 11.6 Å². The van der Waals surface area contributed by atoms with Crippen LogP contribution in [-0.2, 0) is 31.4 Å². The molecule has 0 saturated carbocycles. The van der Waals surface area contributed by atoms with Crippen molar-refractivity contribution in [3.05, 3.63) is 58.9 Å². The van der Waals surface area contributed by atoms with Gasteiger partial charge < -0.3 is 10.6 Å². The maximum atomic E-state index is 13.4. The number of carbonyl (C=O) groups is 3. The number of anilines is 2. The predicted octanol–water partition coefficient (Wildman–Crippen LogP) is 4.52. The monoisotopic (exact) mass is 563 g/mol. The van der Waals surface area contributed by atoms with Gasteiger partial charge in [0.25, 0.3) is 0 Å². The third kappa shape index (κ3) is 9.12. The van der Waals surface area contributed by atoms with Crippen molar-refractivity contribution >= 4 is 51.5 Å². The summed E-state index contributed by atoms with van der Waals surface area (Å²) in [6.07, 6.45) is -4.83. The summed E-state index contributed by atoms with van der Waals surface area (Å²) in [6.45, 7) is 6.36. The van der Waals surface area contributed by atoms with Crippen LogP contribution >= 0.6 is 11.6 Å². The van der Waals surface area contributed by atoms with Crippen LogP contribution in [0.25, 0.3) is 0 Å². The summed E-state index contributed by atoms with van der Waals surface area (Å²) in [5, 5.41) is 4.45. The highest BCUT2D eigenvalue weighted by Gasteiger charge is 2.36. The average Bonchev–Trinajstić information content (AvgIpc) is 2.74. The van der Waals surface area contributed by atoms with Crippen molar-refractivity contribution in [3.8, 4) is 0 Å². The Bertz CT molecular complexity index is 1180. The minimum Gasteiger partial charge on any atom is -0.350 e. The molecule has 202 valence electrons. The topological polar surface area (TPSA) is 95.6 Å². The third-order valence-corrected chi connectivity index (χ3v) is 6.25. The Hall–Kier alpha value is -2.99. The van der Waals surface area contributed by atoms with Gasteiger partial charge in [-0.2, -0.15) is 13.2 Å². The second-order valence-electron chi connectivity index (χ2n) is 9.12. The van der Waals surface area contributed by atoms with Gasteiger partial charge in [0.2, 0.25) is 17.7 Å². The molecule has 0 saturated heterocycles. The number of amides is 3. The lowest BCUT2D eigenvalue weighted by Gasteiger charge is -2.31. The number of nitrogens with one attached hydrogen (secondary N) is 2. The zero-order chi connectivity index (χ0) is 28.1. The van der Waals surface area contributed by atoms with E-state index in [9.17, 15) is 36.2 Å². The quantitative estimate of drug-likeness (QED) is 0.462. The van der Waals surface area contributed by atoms with Gasteiger partial charge in [0.05, 0.1) is 10.6 Å². The molecular weight excluding hydrogens is 538 g/mol. The molecule has 13 heteroatoms. The summed E-state index contributed by atoms with van der Waals surface area (Å²) >= 11 is 5.69. The second kappa shape index (κ2) is 12.0. The van der Waals surface area contributed by atoms with Crippen molar-refractivity contribution in [1.82, 2.24) is 5.32 Å². The number of halogens is 5. The second-order valence-corrected chi connectivity index (χ2v) is 11.0. The summed E-state index contributed by atoms with van der Waals surface area (Å²) in [5.74, 6) is -4.23. The number of carbonyl (C=O) groups excluding carboxylic acids is 3. The molecule has 0 radical (unpaired) electrons. The summed E-state index contributed by atoms with van der Waals surface area (Å²) in [4.78, 5) is 38.9. The normalized spacial score (nSPS) is 13.4. The lowest BCUT2D eigenvalue weighted by atomic mass is 10.1. The van der Waals surface area contributed by atoms with Crippen LogP contribution in [0.3, 0.4) is 0 Å². The number of alkyl halides is 3. The van der Waals surface area contributed by atoms with E-state index in [0.29, 0.717) is 6.07 Å². The van der Waals surface area contributed by atoms with E-state index >= 15 is 0 Å². The molecule has 2 rings (SSSR count). The minimum atomic E-state index is -4.83. The standard InChI is InChI=1S/C24H26ClF4N3O4S/c1-14(22(35)31-23(2,3)4)32(17-9-10-19(25)18(11-17)24(27,28)29)21(34)13-37(36)12-20(33)30-16-7-5-15(26)6-8-16/h5-11,14H,12-13H2,1-4H3,(H,30,33)(H,31,35)/t14-,37+/m1/s1. The van der Waals surface area contributed by atoms with E-state index in [1.807, 2.05) is 0 Å². The SMILES string of the molecule is C[C@H](C(=O)NC(C)(C)C)N(C(=O)C[S@@](=O)CC(=O)Nc1ccc(F)cc1)c1ccc(Cl)c(C(F)(F)F)c1. The highest BCUT2D eigenvalue weighted by Crippen LogP contribution is 2.37. The van der Waals surface area contributed by atoms with Crippen LogP contribution in [0.4, 0.5) is 28.9 Å². The Kier molecular flexibility index (Phi) is 9.84. The van der Waals surface area contributed by atoms with Crippen LogP contribution in [0, 0.1) is 5.82 Å². The maximum Gasteiger partial charge on any atom is 0.417 e. The Morgan fingerprint density at radius 1 is 1.03 bits per heavy atom. The van der Waals surface area contributed by atoms with Crippen LogP contribution in [0.1, 0.15) is 33.3 Å². The minimum absolute atomic E-state index is 0.240. The first-order chi connectivity index (χ1) is 17.0. The fourth-order valence-electron chi connectivity index (χ4n) is 3.19. The van der Waals surface area contributed by atoms with E-state index in [0.717, 1.165) is 29.2 Å². The van der Waals surface area contributed by atoms with Gasteiger partial charge in [-0.1, -0.05) is 11.6 Å². The van der Waals surface area contributed by atoms with Gasteiger partial charge in [0.1, 0.15) is 23.4 Å². The van der Waals surface area contributed by atoms with Gasteiger partial charge in [0, 0.05) is 27.7 Å². The Balaban J connectivity index is 2.29. The molecule has 0 aliphatic heterocycles. The smallest absolute Gasteiger partial charge is 0.350 e. The number of hydrogen-bond donors (Lipinski definition) is 2. The van der Waals surface area contributed by atoms with Crippen LogP contribution in [0.2, 0.25) is 5.02 Å². The fourth-order valence-corrected chi connectivity index (χ4v) is 4.30. The molecule has 2 aromatic carbocycles. The maximum absolute atomic E-state index is 13.4. The number of rotatable bonds is 8. The van der Waals surface area contributed by atoms with Gasteiger partial charge in [0.15, 0.2) is 0 Å². The molecule has 0 aliphatic carbocycles. The van der Waals surface area contributed by atoms with E-state index in [2.05, 4.69) is 10.6 Å². The summed E-state index contributed by atoms with van der Waals surface area (Å²) < 4.78 is 66.0. The molecule has 3 amide bonds. The van der Waals surface area contributed by atoms with Crippen molar-refractivity contribution in [2.75, 3.05) is 21.7 Å². The number of hydrogen-bond acceptors (Lipinski definition) is 4. The van der Waals surface area contributed by atoms with Gasteiger partial charge in [-0.05, 0) is 70.2 Å². The molecule has 0 aliphatic rings. The lowest BCUT2D eigenvalue weighted by Crippen LogP contribution is -2.53. The Labute approximate surface area is 219 Å². The van der Waals surface area contributed by atoms with Gasteiger partial charge in [-0.15, -0.1) is 0 Å². The summed E-state index contributed by atoms with van der Waals surface area (Å²) in [5.41, 5.74) is -1.97. The van der Waals surface area contributed by atoms with Crippen molar-refractivity contribution in [3.63, 3.8) is 0 Å². The molecular formula is C24H26ClF4N3O4S. The molecule has 2 atom stereocenters. The molecule has 0 spiro atoms. The first-order valence-electron chi connectivity index (χ1n) is 10.9. The first kappa shape index (κ1) is 30.2. The molecule has 2 N–H and O–H groups in total. The largest absolute Gasteiger partial charge is 0.417 e. The predicted molar refractivity (Wildman–Crippen MR) is 134 cm³/mol. The molecule has 0 unspecified atom stereocenters. The van der Waals surface area contributed by atoms with Crippen LogP contribution < -0.4 is 15.5 Å². The lowest BCUT2D eigenvalue weighted by molar-refractivity contribution is -0.137. The van der Waals surface area contributed by atoms with E-state index in [1.54, 1.807) is 20.8 Å². The molecule has 0 aromatic heterocycles. The van der Waals surface area contributed by atoms with Crippen molar-refractivity contribution in [2.24, 2.45) is 0 Å². The third-order valence-electron chi connectivity index (χ3n) is 4.77. The summed E-state index contributed by atoms with van der Waals surface area (Å²) in [6, 6.07) is 6.22. The first-order valence-corrected chi connectivity index (χ1v) is 12.8. The van der Waals surface area contributed by atoms with Crippen LogP contribution in [0.15, 0.2) is 42.5 Å². The van der Waals surface area contributed by atoms with Crippen molar-refractivity contribution in [2.45, 2.75) is 45.5 Å².